The second-order valence-electron chi connectivity index (χ2n) is 3.61. The van der Waals surface area contributed by atoms with E-state index in [1.165, 1.54) is 0 Å². The van der Waals surface area contributed by atoms with E-state index in [0.29, 0.717) is 22.8 Å². The third kappa shape index (κ3) is 2.95. The van der Waals surface area contributed by atoms with Crippen LogP contribution in [0.2, 0.25) is 5.02 Å². The van der Waals surface area contributed by atoms with Crippen LogP contribution in [0.3, 0.4) is 0 Å². The summed E-state index contributed by atoms with van der Waals surface area (Å²) in [5, 5.41) is 3.60. The fourth-order valence-electron chi connectivity index (χ4n) is 1.42. The van der Waals surface area contributed by atoms with Gasteiger partial charge < -0.3 is 11.1 Å². The Labute approximate surface area is 109 Å². The summed E-state index contributed by atoms with van der Waals surface area (Å²) in [6, 6.07) is 4.82. The van der Waals surface area contributed by atoms with Gasteiger partial charge in [0, 0.05) is 18.0 Å². The van der Waals surface area contributed by atoms with Gasteiger partial charge in [-0.25, -0.2) is 0 Å². The molecule has 0 radical (unpaired) electrons. The summed E-state index contributed by atoms with van der Waals surface area (Å²) >= 11 is 6.02. The van der Waals surface area contributed by atoms with Gasteiger partial charge in [-0.1, -0.05) is 11.6 Å². The maximum absolute atomic E-state index is 11.1. The molecule has 0 aliphatic rings. The van der Waals surface area contributed by atoms with Crippen LogP contribution >= 0.6 is 11.6 Å². The van der Waals surface area contributed by atoms with Gasteiger partial charge in [0.1, 0.15) is 0 Å². The molecule has 0 aliphatic heterocycles. The normalized spacial score (nSPS) is 10.1. The lowest BCUT2D eigenvalue weighted by Gasteiger charge is -2.08. The molecule has 6 heteroatoms. The van der Waals surface area contributed by atoms with E-state index in [0.717, 1.165) is 5.69 Å². The van der Waals surface area contributed by atoms with Gasteiger partial charge >= 0.3 is 0 Å². The molecule has 0 aliphatic carbocycles. The van der Waals surface area contributed by atoms with Crippen LogP contribution in [0.5, 0.6) is 0 Å². The van der Waals surface area contributed by atoms with Gasteiger partial charge in [0.05, 0.1) is 29.1 Å². The molecule has 1 heterocycles. The quantitative estimate of drug-likeness (QED) is 0.881. The number of nitrogens with two attached hydrogens (primary N) is 1. The van der Waals surface area contributed by atoms with Crippen molar-refractivity contribution in [3.05, 3.63) is 53.1 Å². The standard InChI is InChI=1S/C12H11ClN4O/c13-10-2-1-8(12(14)18)5-11(10)17-7-9-6-15-3-4-16-9/h1-6,17H,7H2,(H2,14,18). The summed E-state index contributed by atoms with van der Waals surface area (Å²) in [4.78, 5) is 19.1. The highest BCUT2D eigenvalue weighted by molar-refractivity contribution is 6.33. The summed E-state index contributed by atoms with van der Waals surface area (Å²) < 4.78 is 0. The van der Waals surface area contributed by atoms with Gasteiger partial charge in [-0.2, -0.15) is 0 Å². The average Bonchev–Trinajstić information content (AvgIpc) is 2.38. The molecule has 0 atom stereocenters. The van der Waals surface area contributed by atoms with Gasteiger partial charge in [0.15, 0.2) is 0 Å². The molecule has 0 saturated carbocycles. The van der Waals surface area contributed by atoms with E-state index in [9.17, 15) is 4.79 Å². The number of nitrogens with one attached hydrogen (secondary N) is 1. The third-order valence-electron chi connectivity index (χ3n) is 2.33. The Bertz CT molecular complexity index is 559. The number of hydrogen-bond donors (Lipinski definition) is 2. The zero-order chi connectivity index (χ0) is 13.0. The molecule has 3 N–H and O–H groups in total. The zero-order valence-corrected chi connectivity index (χ0v) is 10.2. The predicted octanol–water partition coefficient (Wildman–Crippen LogP) is 1.84. The molecule has 0 fully saturated rings. The Balaban J connectivity index is 2.14. The first-order valence-electron chi connectivity index (χ1n) is 5.25. The maximum atomic E-state index is 11.1. The fourth-order valence-corrected chi connectivity index (χ4v) is 1.61. The van der Waals surface area contributed by atoms with Crippen molar-refractivity contribution >= 4 is 23.2 Å². The molecule has 2 aromatic rings. The molecule has 2 rings (SSSR count). The molecular formula is C12H11ClN4O. The molecule has 0 bridgehead atoms. The molecule has 0 saturated heterocycles. The van der Waals surface area contributed by atoms with E-state index in [1.807, 2.05) is 0 Å². The Kier molecular flexibility index (Phi) is 3.74. The predicted molar refractivity (Wildman–Crippen MR) is 69.3 cm³/mol. The Morgan fingerprint density at radius 1 is 1.39 bits per heavy atom. The van der Waals surface area contributed by atoms with E-state index in [4.69, 9.17) is 17.3 Å². The third-order valence-corrected chi connectivity index (χ3v) is 2.66. The van der Waals surface area contributed by atoms with Crippen LogP contribution in [0.15, 0.2) is 36.8 Å². The minimum absolute atomic E-state index is 0.404. The lowest BCUT2D eigenvalue weighted by atomic mass is 10.2. The molecule has 5 nitrogen and oxygen atoms in total. The van der Waals surface area contributed by atoms with Gasteiger partial charge in [-0.3, -0.25) is 14.8 Å². The fraction of sp³-hybridized carbons (Fsp3) is 0.0833. The molecule has 0 spiro atoms. The van der Waals surface area contributed by atoms with Crippen molar-refractivity contribution in [1.82, 2.24) is 9.97 Å². The summed E-state index contributed by atoms with van der Waals surface area (Å²) in [5.41, 5.74) is 7.03. The van der Waals surface area contributed by atoms with Crippen molar-refractivity contribution in [3.63, 3.8) is 0 Å². The second-order valence-corrected chi connectivity index (χ2v) is 4.02. The maximum Gasteiger partial charge on any atom is 0.248 e. The number of amides is 1. The molecule has 1 amide bonds. The average molecular weight is 263 g/mol. The zero-order valence-electron chi connectivity index (χ0n) is 9.43. The summed E-state index contributed by atoms with van der Waals surface area (Å²) in [6.45, 7) is 0.468. The molecule has 18 heavy (non-hydrogen) atoms. The number of anilines is 1. The van der Waals surface area contributed by atoms with Crippen molar-refractivity contribution in [3.8, 4) is 0 Å². The number of hydrogen-bond acceptors (Lipinski definition) is 4. The molecular weight excluding hydrogens is 252 g/mol. The van der Waals surface area contributed by atoms with Crippen LogP contribution in [0.4, 0.5) is 5.69 Å². The Hall–Kier alpha value is -2.14. The van der Waals surface area contributed by atoms with Gasteiger partial charge in [0.25, 0.3) is 0 Å². The molecule has 0 unspecified atom stereocenters. The van der Waals surface area contributed by atoms with Crippen molar-refractivity contribution in [1.29, 1.82) is 0 Å². The SMILES string of the molecule is NC(=O)c1ccc(Cl)c(NCc2cnccn2)c1. The van der Waals surface area contributed by atoms with Gasteiger partial charge in [0.2, 0.25) is 5.91 Å². The first-order valence-corrected chi connectivity index (χ1v) is 5.63. The van der Waals surface area contributed by atoms with Gasteiger partial charge in [-0.15, -0.1) is 0 Å². The van der Waals surface area contributed by atoms with Crippen LogP contribution in [-0.4, -0.2) is 15.9 Å². The van der Waals surface area contributed by atoms with E-state index in [2.05, 4.69) is 15.3 Å². The lowest BCUT2D eigenvalue weighted by Crippen LogP contribution is -2.11. The highest BCUT2D eigenvalue weighted by Gasteiger charge is 2.05. The van der Waals surface area contributed by atoms with Crippen molar-refractivity contribution in [2.24, 2.45) is 5.73 Å². The number of halogens is 1. The van der Waals surface area contributed by atoms with Crippen LogP contribution in [0, 0.1) is 0 Å². The highest BCUT2D eigenvalue weighted by Crippen LogP contribution is 2.23. The first kappa shape index (κ1) is 12.3. The van der Waals surface area contributed by atoms with Crippen LogP contribution < -0.4 is 11.1 Å². The van der Waals surface area contributed by atoms with Crippen LogP contribution in [0.25, 0.3) is 0 Å². The monoisotopic (exact) mass is 262 g/mol. The highest BCUT2D eigenvalue weighted by atomic mass is 35.5. The molecule has 1 aromatic carbocycles. The molecule has 92 valence electrons. The van der Waals surface area contributed by atoms with Crippen LogP contribution in [-0.2, 0) is 6.54 Å². The Morgan fingerprint density at radius 3 is 2.89 bits per heavy atom. The number of carbonyl (C=O) groups excluding carboxylic acids is 1. The lowest BCUT2D eigenvalue weighted by molar-refractivity contribution is 0.100. The number of aromatic nitrogens is 2. The van der Waals surface area contributed by atoms with Crippen molar-refractivity contribution in [2.75, 3.05) is 5.32 Å². The minimum atomic E-state index is -0.491. The van der Waals surface area contributed by atoms with Gasteiger partial charge in [-0.05, 0) is 18.2 Å². The molecule has 1 aromatic heterocycles. The largest absolute Gasteiger partial charge is 0.378 e. The van der Waals surface area contributed by atoms with E-state index >= 15 is 0 Å². The summed E-state index contributed by atoms with van der Waals surface area (Å²) in [5.74, 6) is -0.491. The number of rotatable bonds is 4. The smallest absolute Gasteiger partial charge is 0.248 e. The van der Waals surface area contributed by atoms with E-state index < -0.39 is 5.91 Å². The van der Waals surface area contributed by atoms with Crippen molar-refractivity contribution in [2.45, 2.75) is 6.54 Å². The van der Waals surface area contributed by atoms with E-state index in [1.54, 1.807) is 36.8 Å². The first-order chi connectivity index (χ1) is 8.66. The number of benzene rings is 1. The summed E-state index contributed by atoms with van der Waals surface area (Å²) in [6.07, 6.45) is 4.86. The minimum Gasteiger partial charge on any atom is -0.378 e. The summed E-state index contributed by atoms with van der Waals surface area (Å²) in [7, 11) is 0. The number of primary amides is 1. The number of carbonyl (C=O) groups is 1. The number of nitrogens with zero attached hydrogens (tertiary/aromatic N) is 2. The Morgan fingerprint density at radius 2 is 2.22 bits per heavy atom. The topological polar surface area (TPSA) is 80.9 Å². The second kappa shape index (κ2) is 5.46. The van der Waals surface area contributed by atoms with Crippen LogP contribution in [0.1, 0.15) is 16.1 Å². The van der Waals surface area contributed by atoms with Crippen molar-refractivity contribution < 1.29 is 4.79 Å². The van der Waals surface area contributed by atoms with E-state index in [-0.39, 0.29) is 0 Å².